The minimum absolute atomic E-state index is 0. The van der Waals surface area contributed by atoms with Crippen LogP contribution in [0.5, 0.6) is 5.75 Å². The number of amides is 3. The summed E-state index contributed by atoms with van der Waals surface area (Å²) in [6.45, 7) is 6.82. The molecule has 1 aliphatic heterocycles. The normalized spacial score (nSPS) is 16.1. The Morgan fingerprint density at radius 3 is 2.43 bits per heavy atom. The lowest BCUT2D eigenvalue weighted by Gasteiger charge is -2.31. The number of ether oxygens (including phenoxy) is 1. The minimum atomic E-state index is -0.880. The van der Waals surface area contributed by atoms with Gasteiger partial charge in [0.1, 0.15) is 17.8 Å². The Labute approximate surface area is 266 Å². The van der Waals surface area contributed by atoms with E-state index in [2.05, 4.69) is 16.0 Å². The zero-order valence-electron chi connectivity index (χ0n) is 26.0. The van der Waals surface area contributed by atoms with E-state index >= 15 is 0 Å². The van der Waals surface area contributed by atoms with Gasteiger partial charge in [-0.2, -0.15) is 0 Å². The molecule has 238 valence electrons. The Kier molecular flexibility index (Phi) is 12.6. The largest absolute Gasteiger partial charge is 0.496 e. The Balaban J connectivity index is 0.00000529. The second-order valence-electron chi connectivity index (χ2n) is 12.2. The van der Waals surface area contributed by atoms with Crippen molar-refractivity contribution in [3.63, 3.8) is 0 Å². The predicted molar refractivity (Wildman–Crippen MR) is 175 cm³/mol. The molecule has 4 rings (SSSR count). The number of halogens is 1. The van der Waals surface area contributed by atoms with Gasteiger partial charge < -0.3 is 30.7 Å². The molecule has 0 spiro atoms. The van der Waals surface area contributed by atoms with Crippen LogP contribution in [-0.4, -0.2) is 72.7 Å². The number of methoxy groups -OCH3 is 1. The molecule has 2 unspecified atom stereocenters. The molecule has 0 aromatic heterocycles. The van der Waals surface area contributed by atoms with Gasteiger partial charge in [0.15, 0.2) is 0 Å². The Bertz CT molecular complexity index is 1430. The fraction of sp³-hybridized carbons (Fsp3) is 0.441. The van der Waals surface area contributed by atoms with E-state index in [1.165, 1.54) is 0 Å². The van der Waals surface area contributed by atoms with Gasteiger partial charge >= 0.3 is 0 Å². The lowest BCUT2D eigenvalue weighted by molar-refractivity contribution is -0.145. The van der Waals surface area contributed by atoms with Crippen molar-refractivity contribution in [1.82, 2.24) is 20.9 Å². The molecule has 3 atom stereocenters. The number of carbonyl (C=O) groups is 3. The lowest BCUT2D eigenvalue weighted by Crippen LogP contribution is -2.55. The fourth-order valence-corrected chi connectivity index (χ4v) is 5.43. The van der Waals surface area contributed by atoms with Crippen LogP contribution >= 0.6 is 12.4 Å². The molecule has 1 aliphatic rings. The van der Waals surface area contributed by atoms with Crippen LogP contribution in [0, 0.1) is 5.41 Å². The highest BCUT2D eigenvalue weighted by Crippen LogP contribution is 2.26. The molecule has 1 heterocycles. The van der Waals surface area contributed by atoms with Gasteiger partial charge in [-0.15, -0.1) is 12.4 Å². The third kappa shape index (κ3) is 9.17. The zero-order chi connectivity index (χ0) is 31.0. The number of carbonyl (C=O) groups excluding carboxylic acids is 3. The molecule has 44 heavy (non-hydrogen) atoms. The molecule has 3 aromatic carbocycles. The molecule has 0 aliphatic carbocycles. The molecule has 0 bridgehead atoms. The highest BCUT2D eigenvalue weighted by molar-refractivity contribution is 5.93. The number of benzene rings is 3. The van der Waals surface area contributed by atoms with E-state index in [-0.39, 0.29) is 43.7 Å². The zero-order valence-corrected chi connectivity index (χ0v) is 26.8. The molecule has 1 saturated heterocycles. The summed E-state index contributed by atoms with van der Waals surface area (Å²) in [6.07, 6.45) is 0.708. The van der Waals surface area contributed by atoms with E-state index in [4.69, 9.17) is 4.74 Å². The van der Waals surface area contributed by atoms with Crippen LogP contribution in [-0.2, 0) is 27.3 Å². The van der Waals surface area contributed by atoms with Crippen molar-refractivity contribution in [3.05, 3.63) is 77.9 Å². The summed E-state index contributed by atoms with van der Waals surface area (Å²) in [7, 11) is 1.61. The van der Waals surface area contributed by atoms with E-state index in [0.717, 1.165) is 34.1 Å². The molecule has 10 heteroatoms. The third-order valence-corrected chi connectivity index (χ3v) is 7.74. The molecule has 3 aromatic rings. The monoisotopic (exact) mass is 624 g/mol. The van der Waals surface area contributed by atoms with Crippen LogP contribution in [0.2, 0.25) is 0 Å². The molecule has 0 saturated carbocycles. The number of para-hydroxylation sites is 1. The third-order valence-electron chi connectivity index (χ3n) is 7.74. The number of fused-ring (bicyclic) bond motifs is 1. The van der Waals surface area contributed by atoms with Gasteiger partial charge in [-0.25, -0.2) is 0 Å². The molecule has 0 radical (unpaired) electrons. The van der Waals surface area contributed by atoms with Gasteiger partial charge in [0.05, 0.1) is 13.2 Å². The number of hydrogen-bond donors (Lipinski definition) is 4. The summed E-state index contributed by atoms with van der Waals surface area (Å²) in [5, 5.41) is 21.7. The van der Waals surface area contributed by atoms with Crippen LogP contribution in [0.3, 0.4) is 0 Å². The van der Waals surface area contributed by atoms with E-state index in [9.17, 15) is 19.5 Å². The first kappa shape index (κ1) is 34.8. The highest BCUT2D eigenvalue weighted by atomic mass is 35.5. The molecule has 3 amide bonds. The lowest BCUT2D eigenvalue weighted by atomic mass is 9.94. The van der Waals surface area contributed by atoms with Crippen LogP contribution in [0.1, 0.15) is 44.7 Å². The number of likely N-dealkylation sites (tertiary alicyclic amines) is 1. The van der Waals surface area contributed by atoms with E-state index in [0.29, 0.717) is 19.5 Å². The molecule has 4 N–H and O–H groups in total. The van der Waals surface area contributed by atoms with Gasteiger partial charge in [-0.1, -0.05) is 81.4 Å². The smallest absolute Gasteiger partial charge is 0.243 e. The van der Waals surface area contributed by atoms with Crippen molar-refractivity contribution < 1.29 is 24.2 Å². The average Bonchev–Trinajstić information content (AvgIpc) is 3.49. The van der Waals surface area contributed by atoms with Crippen molar-refractivity contribution in [3.8, 4) is 5.75 Å². The van der Waals surface area contributed by atoms with Crippen molar-refractivity contribution in [1.29, 1.82) is 0 Å². The maximum Gasteiger partial charge on any atom is 0.243 e. The second-order valence-corrected chi connectivity index (χ2v) is 12.2. The second kappa shape index (κ2) is 15.9. The summed E-state index contributed by atoms with van der Waals surface area (Å²) in [6, 6.07) is 20.1. The van der Waals surface area contributed by atoms with Crippen molar-refractivity contribution in [2.45, 2.75) is 64.8 Å². The van der Waals surface area contributed by atoms with E-state index in [1.807, 2.05) is 87.5 Å². The summed E-state index contributed by atoms with van der Waals surface area (Å²) < 4.78 is 5.37. The quantitative estimate of drug-likeness (QED) is 0.245. The topological polar surface area (TPSA) is 120 Å². The van der Waals surface area contributed by atoms with Crippen LogP contribution in [0.25, 0.3) is 10.8 Å². The van der Waals surface area contributed by atoms with Crippen LogP contribution in [0.15, 0.2) is 66.7 Å². The minimum Gasteiger partial charge on any atom is -0.496 e. The van der Waals surface area contributed by atoms with Gasteiger partial charge in [0.2, 0.25) is 17.7 Å². The summed E-state index contributed by atoms with van der Waals surface area (Å²) in [4.78, 5) is 41.7. The van der Waals surface area contributed by atoms with Gasteiger partial charge in [0.25, 0.3) is 0 Å². The maximum absolute atomic E-state index is 13.5. The molecular formula is C34H45ClN4O5. The highest BCUT2D eigenvalue weighted by Gasteiger charge is 2.39. The predicted octanol–water partition coefficient (Wildman–Crippen LogP) is 3.60. The summed E-state index contributed by atoms with van der Waals surface area (Å²) in [5.74, 6) is -0.0495. The average molecular weight is 625 g/mol. The number of nitrogens with one attached hydrogen (secondary N) is 3. The summed E-state index contributed by atoms with van der Waals surface area (Å²) in [5.41, 5.74) is 1.25. The number of nitrogens with zero attached hydrogens (tertiary/aromatic N) is 1. The van der Waals surface area contributed by atoms with Gasteiger partial charge in [-0.05, 0) is 35.2 Å². The van der Waals surface area contributed by atoms with E-state index < -0.39 is 29.5 Å². The molecular weight excluding hydrogens is 580 g/mol. The maximum atomic E-state index is 13.5. The first-order valence-corrected chi connectivity index (χ1v) is 14.9. The summed E-state index contributed by atoms with van der Waals surface area (Å²) >= 11 is 0. The van der Waals surface area contributed by atoms with Crippen LogP contribution in [0.4, 0.5) is 0 Å². The van der Waals surface area contributed by atoms with Crippen molar-refractivity contribution >= 4 is 40.9 Å². The van der Waals surface area contributed by atoms with Crippen molar-refractivity contribution in [2.24, 2.45) is 5.41 Å². The van der Waals surface area contributed by atoms with Crippen LogP contribution < -0.4 is 20.7 Å². The molecule has 1 fully saturated rings. The van der Waals surface area contributed by atoms with E-state index in [1.54, 1.807) is 12.0 Å². The first-order valence-electron chi connectivity index (χ1n) is 14.9. The number of aliphatic hydroxyl groups is 1. The number of aliphatic hydroxyl groups excluding tert-OH is 1. The standard InChI is InChI=1S/C34H44N4O5.ClH/c1-34(2,3)33(42)38-17-9-13-29(38)32(41)37-28(19-23-15-16-24-10-5-6-11-25(24)18-23)31(40)36-22-27(39)21-35-20-26-12-7-8-14-30(26)43-4;/h5-8,10-12,14-16,18,27-29,35,39H,9,13,17,19-22H2,1-4H3,(H,36,40)(H,37,41);1H/t27?,28-,29?;/m1./s1. The Morgan fingerprint density at radius 2 is 1.70 bits per heavy atom. The number of rotatable bonds is 12. The van der Waals surface area contributed by atoms with Gasteiger partial charge in [-0.3, -0.25) is 14.4 Å². The molecule has 9 nitrogen and oxygen atoms in total. The Hall–Kier alpha value is -3.66. The fourth-order valence-electron chi connectivity index (χ4n) is 5.43. The van der Waals surface area contributed by atoms with Gasteiger partial charge in [0, 0.05) is 43.6 Å². The SMILES string of the molecule is COc1ccccc1CNCC(O)CNC(=O)[C@@H](Cc1ccc2ccccc2c1)NC(=O)C1CCCN1C(=O)C(C)(C)C.Cl. The number of hydrogen-bond acceptors (Lipinski definition) is 6. The first-order chi connectivity index (χ1) is 20.6. The van der Waals surface area contributed by atoms with Crippen molar-refractivity contribution in [2.75, 3.05) is 26.7 Å². The Morgan fingerprint density at radius 1 is 1.00 bits per heavy atom.